The van der Waals surface area contributed by atoms with E-state index in [0.29, 0.717) is 5.88 Å². The van der Waals surface area contributed by atoms with Crippen molar-refractivity contribution in [3.8, 4) is 0 Å². The van der Waals surface area contributed by atoms with E-state index in [1.807, 2.05) is 6.92 Å². The Labute approximate surface area is 97.2 Å². The minimum absolute atomic E-state index is 0.0709. The van der Waals surface area contributed by atoms with Crippen LogP contribution in [0.25, 0.3) is 0 Å². The predicted molar refractivity (Wildman–Crippen MR) is 63.2 cm³/mol. The maximum absolute atomic E-state index is 11.4. The van der Waals surface area contributed by atoms with Crippen molar-refractivity contribution in [2.45, 2.75) is 26.2 Å². The van der Waals surface area contributed by atoms with Gasteiger partial charge in [-0.1, -0.05) is 6.92 Å². The second-order valence-electron chi connectivity index (χ2n) is 4.25. The molecule has 1 rings (SSSR count). The first-order valence-electron chi connectivity index (χ1n) is 5.80. The normalized spacial score (nSPS) is 19.1. The first-order chi connectivity index (χ1) is 7.24. The fraction of sp³-hybridized carbons (Fsp3) is 0.909. The van der Waals surface area contributed by atoms with Gasteiger partial charge in [0.2, 0.25) is 5.91 Å². The van der Waals surface area contributed by atoms with Gasteiger partial charge in [-0.2, -0.15) is 0 Å². The molecular formula is C11H21ClN2O. The highest BCUT2D eigenvalue weighted by Crippen LogP contribution is 2.06. The van der Waals surface area contributed by atoms with E-state index in [-0.39, 0.29) is 11.8 Å². The van der Waals surface area contributed by atoms with Gasteiger partial charge in [-0.15, -0.1) is 11.6 Å². The van der Waals surface area contributed by atoms with Crippen LogP contribution < -0.4 is 5.32 Å². The van der Waals surface area contributed by atoms with E-state index < -0.39 is 0 Å². The molecule has 1 unspecified atom stereocenters. The Bertz CT molecular complexity index is 193. The molecule has 1 saturated heterocycles. The first kappa shape index (κ1) is 12.8. The van der Waals surface area contributed by atoms with Gasteiger partial charge < -0.3 is 10.2 Å². The van der Waals surface area contributed by atoms with Gasteiger partial charge >= 0.3 is 0 Å². The van der Waals surface area contributed by atoms with E-state index in [1.165, 1.54) is 25.9 Å². The van der Waals surface area contributed by atoms with E-state index in [0.717, 1.165) is 19.5 Å². The van der Waals surface area contributed by atoms with Gasteiger partial charge in [0.1, 0.15) is 0 Å². The topological polar surface area (TPSA) is 32.3 Å². The number of carbonyl (C=O) groups excluding carboxylic acids is 1. The summed E-state index contributed by atoms with van der Waals surface area (Å²) in [6, 6.07) is 0. The van der Waals surface area contributed by atoms with Crippen LogP contribution in [-0.4, -0.2) is 42.9 Å². The number of alkyl halides is 1. The summed E-state index contributed by atoms with van der Waals surface area (Å²) in [7, 11) is 0. The van der Waals surface area contributed by atoms with Gasteiger partial charge in [0.05, 0.1) is 0 Å². The second-order valence-corrected chi connectivity index (χ2v) is 4.56. The third-order valence-electron chi connectivity index (χ3n) is 2.83. The molecular weight excluding hydrogens is 212 g/mol. The van der Waals surface area contributed by atoms with Crippen LogP contribution in [0.2, 0.25) is 0 Å². The molecule has 1 fully saturated rings. The largest absolute Gasteiger partial charge is 0.356 e. The number of amides is 1. The van der Waals surface area contributed by atoms with Crippen molar-refractivity contribution in [1.82, 2.24) is 10.2 Å². The summed E-state index contributed by atoms with van der Waals surface area (Å²) in [5.74, 6) is 0.405. The van der Waals surface area contributed by atoms with Crippen LogP contribution in [-0.2, 0) is 4.79 Å². The van der Waals surface area contributed by atoms with E-state index in [4.69, 9.17) is 11.6 Å². The standard InChI is InChI=1S/C11H21ClN2O/c1-10(9-12)11(15)13-5-4-8-14-6-2-3-7-14/h10H,2-9H2,1H3,(H,13,15). The minimum atomic E-state index is -0.0709. The fourth-order valence-corrected chi connectivity index (χ4v) is 1.90. The summed E-state index contributed by atoms with van der Waals surface area (Å²) in [5.41, 5.74) is 0. The van der Waals surface area contributed by atoms with Crippen molar-refractivity contribution in [2.75, 3.05) is 32.1 Å². The Morgan fingerprint density at radius 3 is 2.73 bits per heavy atom. The zero-order chi connectivity index (χ0) is 11.1. The summed E-state index contributed by atoms with van der Waals surface area (Å²) in [6.45, 7) is 6.19. The Morgan fingerprint density at radius 1 is 1.47 bits per heavy atom. The lowest BCUT2D eigenvalue weighted by atomic mass is 10.2. The Kier molecular flexibility index (Phi) is 6.03. The van der Waals surface area contributed by atoms with Crippen molar-refractivity contribution in [1.29, 1.82) is 0 Å². The van der Waals surface area contributed by atoms with Gasteiger partial charge in [-0.05, 0) is 38.9 Å². The summed E-state index contributed by atoms with van der Waals surface area (Å²) in [6.07, 6.45) is 3.70. The van der Waals surface area contributed by atoms with Crippen LogP contribution in [0.4, 0.5) is 0 Å². The van der Waals surface area contributed by atoms with E-state index in [1.54, 1.807) is 0 Å². The molecule has 0 aromatic carbocycles. The van der Waals surface area contributed by atoms with Crippen LogP contribution in [0.5, 0.6) is 0 Å². The third-order valence-corrected chi connectivity index (χ3v) is 3.29. The molecule has 1 aliphatic rings. The molecule has 1 N–H and O–H groups in total. The summed E-state index contributed by atoms with van der Waals surface area (Å²) in [5, 5.41) is 2.91. The molecule has 1 amide bonds. The highest BCUT2D eigenvalue weighted by atomic mass is 35.5. The first-order valence-corrected chi connectivity index (χ1v) is 6.33. The van der Waals surface area contributed by atoms with Crippen molar-refractivity contribution in [3.05, 3.63) is 0 Å². The van der Waals surface area contributed by atoms with Gasteiger partial charge in [0.15, 0.2) is 0 Å². The molecule has 1 heterocycles. The lowest BCUT2D eigenvalue weighted by Gasteiger charge is -2.15. The van der Waals surface area contributed by atoms with Crippen LogP contribution in [0.3, 0.4) is 0 Å². The number of halogens is 1. The van der Waals surface area contributed by atoms with E-state index in [2.05, 4.69) is 10.2 Å². The second kappa shape index (κ2) is 7.07. The molecule has 88 valence electrons. The quantitative estimate of drug-likeness (QED) is 0.556. The van der Waals surface area contributed by atoms with Crippen molar-refractivity contribution in [2.24, 2.45) is 5.92 Å². The molecule has 0 aliphatic carbocycles. The number of nitrogens with one attached hydrogen (secondary N) is 1. The zero-order valence-corrected chi connectivity index (χ0v) is 10.2. The molecule has 0 aromatic heterocycles. The van der Waals surface area contributed by atoms with Crippen LogP contribution in [0.15, 0.2) is 0 Å². The number of likely N-dealkylation sites (tertiary alicyclic amines) is 1. The summed E-state index contributed by atoms with van der Waals surface area (Å²) >= 11 is 5.59. The number of rotatable bonds is 6. The molecule has 1 atom stereocenters. The lowest BCUT2D eigenvalue weighted by molar-refractivity contribution is -0.123. The third kappa shape index (κ3) is 4.85. The smallest absolute Gasteiger partial charge is 0.224 e. The average molecular weight is 233 g/mol. The van der Waals surface area contributed by atoms with Crippen molar-refractivity contribution in [3.63, 3.8) is 0 Å². The highest BCUT2D eigenvalue weighted by molar-refractivity contribution is 6.19. The molecule has 3 nitrogen and oxygen atoms in total. The van der Waals surface area contributed by atoms with Gasteiger partial charge in [-0.25, -0.2) is 0 Å². The maximum atomic E-state index is 11.4. The maximum Gasteiger partial charge on any atom is 0.224 e. The predicted octanol–water partition coefficient (Wildman–Crippen LogP) is 1.46. The fourth-order valence-electron chi connectivity index (χ4n) is 1.76. The SMILES string of the molecule is CC(CCl)C(=O)NCCCN1CCCC1. The molecule has 15 heavy (non-hydrogen) atoms. The molecule has 0 spiro atoms. The summed E-state index contributed by atoms with van der Waals surface area (Å²) < 4.78 is 0. The molecule has 4 heteroatoms. The minimum Gasteiger partial charge on any atom is -0.356 e. The Balaban J connectivity index is 1.98. The highest BCUT2D eigenvalue weighted by Gasteiger charge is 2.12. The van der Waals surface area contributed by atoms with Crippen LogP contribution in [0, 0.1) is 5.92 Å². The van der Waals surface area contributed by atoms with E-state index in [9.17, 15) is 4.79 Å². The van der Waals surface area contributed by atoms with Gasteiger partial charge in [0, 0.05) is 18.3 Å². The number of hydrogen-bond acceptors (Lipinski definition) is 2. The van der Waals surface area contributed by atoms with Crippen molar-refractivity contribution < 1.29 is 4.79 Å². The molecule has 0 radical (unpaired) electrons. The van der Waals surface area contributed by atoms with Crippen molar-refractivity contribution >= 4 is 17.5 Å². The Hall–Kier alpha value is -0.280. The van der Waals surface area contributed by atoms with Gasteiger partial charge in [-0.3, -0.25) is 4.79 Å². The number of carbonyl (C=O) groups is 1. The van der Waals surface area contributed by atoms with Crippen LogP contribution in [0.1, 0.15) is 26.2 Å². The summed E-state index contributed by atoms with van der Waals surface area (Å²) in [4.78, 5) is 13.8. The van der Waals surface area contributed by atoms with E-state index >= 15 is 0 Å². The molecule has 1 aliphatic heterocycles. The van der Waals surface area contributed by atoms with Crippen LogP contribution >= 0.6 is 11.6 Å². The zero-order valence-electron chi connectivity index (χ0n) is 9.47. The average Bonchev–Trinajstić information content (AvgIpc) is 2.75. The lowest BCUT2D eigenvalue weighted by Crippen LogP contribution is -2.32. The van der Waals surface area contributed by atoms with Gasteiger partial charge in [0.25, 0.3) is 0 Å². The molecule has 0 saturated carbocycles. The monoisotopic (exact) mass is 232 g/mol. The molecule has 0 aromatic rings. The Morgan fingerprint density at radius 2 is 2.13 bits per heavy atom. The number of nitrogens with zero attached hydrogens (tertiary/aromatic N) is 1. The number of hydrogen-bond donors (Lipinski definition) is 1. The molecule has 0 bridgehead atoms.